The van der Waals surface area contributed by atoms with Crippen LogP contribution in [-0.4, -0.2) is 17.5 Å². The van der Waals surface area contributed by atoms with Crippen molar-refractivity contribution in [2.45, 2.75) is 37.0 Å². The molecule has 5 heteroatoms. The van der Waals surface area contributed by atoms with Crippen LogP contribution in [0.15, 0.2) is 88.3 Å². The lowest BCUT2D eigenvalue weighted by molar-refractivity contribution is -0.123. The van der Waals surface area contributed by atoms with E-state index in [-0.39, 0.29) is 35.7 Å². The number of thioether (sulfide) groups is 1. The van der Waals surface area contributed by atoms with Gasteiger partial charge in [0.05, 0.1) is 16.6 Å². The Morgan fingerprint density at radius 2 is 1.68 bits per heavy atom. The molecule has 3 aromatic rings. The molecule has 2 heterocycles. The van der Waals surface area contributed by atoms with Gasteiger partial charge in [-0.25, -0.2) is 0 Å². The van der Waals surface area contributed by atoms with Crippen LogP contribution < -0.4 is 4.90 Å². The molecule has 1 aliphatic carbocycles. The maximum atomic E-state index is 14.2. The molecule has 0 bridgehead atoms. The predicted octanol–water partition coefficient (Wildman–Crippen LogP) is 6.02. The summed E-state index contributed by atoms with van der Waals surface area (Å²) in [5, 5.41) is 0.706. The summed E-state index contributed by atoms with van der Waals surface area (Å²) in [7, 11) is 0. The molecule has 3 aromatic carbocycles. The zero-order chi connectivity index (χ0) is 23.6. The molecular formula is C29H23NO3S. The van der Waals surface area contributed by atoms with Crippen molar-refractivity contribution in [1.29, 1.82) is 0 Å². The Morgan fingerprint density at radius 1 is 0.941 bits per heavy atom. The molecule has 0 fully saturated rings. The van der Waals surface area contributed by atoms with E-state index in [0.717, 1.165) is 27.3 Å². The molecule has 168 valence electrons. The lowest BCUT2D eigenvalue weighted by Gasteiger charge is -2.36. The number of benzene rings is 3. The Labute approximate surface area is 202 Å². The first-order chi connectivity index (χ1) is 16.5. The number of hydrogen-bond donors (Lipinski definition) is 0. The Bertz CT molecular complexity index is 1410. The van der Waals surface area contributed by atoms with Crippen LogP contribution in [0.5, 0.6) is 0 Å². The number of para-hydroxylation sites is 1. The van der Waals surface area contributed by atoms with E-state index in [1.54, 1.807) is 11.8 Å². The molecule has 4 nitrogen and oxygen atoms in total. The van der Waals surface area contributed by atoms with Gasteiger partial charge in [-0.15, -0.1) is 0 Å². The van der Waals surface area contributed by atoms with Gasteiger partial charge in [-0.2, -0.15) is 0 Å². The molecule has 0 aromatic heterocycles. The van der Waals surface area contributed by atoms with Gasteiger partial charge in [0, 0.05) is 34.3 Å². The van der Waals surface area contributed by atoms with Gasteiger partial charge in [0.1, 0.15) is 5.78 Å². The van der Waals surface area contributed by atoms with Crippen molar-refractivity contribution in [2.75, 3.05) is 4.90 Å². The van der Waals surface area contributed by atoms with Gasteiger partial charge >= 0.3 is 0 Å². The number of anilines is 1. The first-order valence-corrected chi connectivity index (χ1v) is 12.3. The largest absolute Gasteiger partial charge is 0.300 e. The van der Waals surface area contributed by atoms with Crippen LogP contribution in [0.4, 0.5) is 5.69 Å². The molecule has 0 N–H and O–H groups in total. The van der Waals surface area contributed by atoms with Crippen molar-refractivity contribution in [1.82, 2.24) is 0 Å². The zero-order valence-electron chi connectivity index (χ0n) is 18.9. The molecular weight excluding hydrogens is 442 g/mol. The van der Waals surface area contributed by atoms with Gasteiger partial charge in [0.2, 0.25) is 5.91 Å². The maximum Gasteiger partial charge on any atom is 0.236 e. The number of carbonyl (C=O) groups excluding carboxylic acids is 3. The summed E-state index contributed by atoms with van der Waals surface area (Å²) in [6.45, 7) is 3.60. The number of aryl methyl sites for hydroxylation is 1. The molecule has 0 saturated heterocycles. The first-order valence-electron chi connectivity index (χ1n) is 11.5. The minimum absolute atomic E-state index is 0.0258. The van der Waals surface area contributed by atoms with E-state index in [4.69, 9.17) is 0 Å². The van der Waals surface area contributed by atoms with Crippen LogP contribution in [0.2, 0.25) is 0 Å². The molecule has 3 atom stereocenters. The third kappa shape index (κ3) is 3.03. The fraction of sp³-hybridized carbons (Fsp3) is 0.207. The summed E-state index contributed by atoms with van der Waals surface area (Å²) in [5.41, 5.74) is 5.19. The quantitative estimate of drug-likeness (QED) is 0.442. The number of ketones is 2. The van der Waals surface area contributed by atoms with E-state index in [9.17, 15) is 14.4 Å². The van der Waals surface area contributed by atoms with Gasteiger partial charge in [0.25, 0.3) is 0 Å². The second-order valence-corrected chi connectivity index (χ2v) is 10.3. The lowest BCUT2D eigenvalue weighted by Crippen LogP contribution is -2.43. The van der Waals surface area contributed by atoms with Crippen molar-refractivity contribution in [2.24, 2.45) is 5.92 Å². The van der Waals surface area contributed by atoms with Gasteiger partial charge in [0.15, 0.2) is 5.78 Å². The van der Waals surface area contributed by atoms with Gasteiger partial charge in [-0.3, -0.25) is 14.5 Å². The summed E-state index contributed by atoms with van der Waals surface area (Å²) < 4.78 is 0. The predicted molar refractivity (Wildman–Crippen MR) is 133 cm³/mol. The number of amides is 1. The van der Waals surface area contributed by atoms with Crippen molar-refractivity contribution in [3.8, 4) is 0 Å². The highest BCUT2D eigenvalue weighted by atomic mass is 32.2. The highest BCUT2D eigenvalue weighted by Crippen LogP contribution is 2.61. The summed E-state index contributed by atoms with van der Waals surface area (Å²) in [6, 6.07) is 23.3. The highest BCUT2D eigenvalue weighted by molar-refractivity contribution is 8.03. The van der Waals surface area contributed by atoms with Crippen molar-refractivity contribution >= 4 is 34.9 Å². The Kier molecular flexibility index (Phi) is 4.85. The fourth-order valence-corrected chi connectivity index (χ4v) is 6.99. The smallest absolute Gasteiger partial charge is 0.236 e. The van der Waals surface area contributed by atoms with Crippen LogP contribution in [-0.2, 0) is 9.59 Å². The lowest BCUT2D eigenvalue weighted by atomic mass is 9.75. The molecule has 6 rings (SSSR count). The van der Waals surface area contributed by atoms with E-state index in [1.807, 2.05) is 73.7 Å². The number of allylic oxidation sites excluding steroid dienone is 1. The fourth-order valence-electron chi connectivity index (χ4n) is 5.76. The monoisotopic (exact) mass is 465 g/mol. The van der Waals surface area contributed by atoms with E-state index in [1.165, 1.54) is 11.8 Å². The summed E-state index contributed by atoms with van der Waals surface area (Å²) in [5.74, 6) is -1.14. The third-order valence-corrected chi connectivity index (χ3v) is 8.28. The van der Waals surface area contributed by atoms with Crippen LogP contribution in [0.1, 0.15) is 52.2 Å². The van der Waals surface area contributed by atoms with Crippen LogP contribution in [0.3, 0.4) is 0 Å². The van der Waals surface area contributed by atoms with E-state index in [2.05, 4.69) is 6.07 Å². The molecule has 2 aliphatic heterocycles. The Morgan fingerprint density at radius 3 is 2.44 bits per heavy atom. The van der Waals surface area contributed by atoms with Gasteiger partial charge in [-0.1, -0.05) is 78.0 Å². The minimum atomic E-state index is -0.487. The summed E-state index contributed by atoms with van der Waals surface area (Å²) >= 11 is 1.49. The topological polar surface area (TPSA) is 54.5 Å². The number of nitrogens with zero attached hydrogens (tertiary/aromatic N) is 1. The SMILES string of the molecule is CC(=O)C[C@@H]1c2ccc(C)cc2[C@@H]2C(C(=O)c3ccccc3)=C3Sc4ccccc4N3C(=O)[C@H]12. The highest BCUT2D eigenvalue weighted by Gasteiger charge is 2.55. The number of rotatable bonds is 4. The Balaban J connectivity index is 1.63. The number of fused-ring (bicyclic) bond motifs is 6. The zero-order valence-corrected chi connectivity index (χ0v) is 19.8. The minimum Gasteiger partial charge on any atom is -0.300 e. The van der Waals surface area contributed by atoms with E-state index < -0.39 is 5.92 Å². The summed E-state index contributed by atoms with van der Waals surface area (Å²) in [6.07, 6.45) is 0.285. The van der Waals surface area contributed by atoms with Gasteiger partial charge < -0.3 is 4.79 Å². The van der Waals surface area contributed by atoms with E-state index >= 15 is 0 Å². The van der Waals surface area contributed by atoms with Crippen molar-refractivity contribution in [3.05, 3.63) is 106 Å². The molecule has 0 spiro atoms. The molecule has 34 heavy (non-hydrogen) atoms. The van der Waals surface area contributed by atoms with Crippen molar-refractivity contribution < 1.29 is 14.4 Å². The molecule has 3 aliphatic rings. The number of Topliss-reactive ketones (excluding diaryl/α,β-unsaturated/α-hetero) is 2. The van der Waals surface area contributed by atoms with Gasteiger partial charge in [-0.05, 0) is 37.1 Å². The van der Waals surface area contributed by atoms with Crippen LogP contribution >= 0.6 is 11.8 Å². The average Bonchev–Trinajstić information content (AvgIpc) is 3.36. The summed E-state index contributed by atoms with van der Waals surface area (Å²) in [4.78, 5) is 43.3. The first kappa shape index (κ1) is 21.1. The Hall–Kier alpha value is -3.44. The average molecular weight is 466 g/mol. The van der Waals surface area contributed by atoms with Crippen molar-refractivity contribution in [3.63, 3.8) is 0 Å². The van der Waals surface area contributed by atoms with Crippen LogP contribution in [0, 0.1) is 12.8 Å². The second-order valence-electron chi connectivity index (χ2n) is 9.31. The third-order valence-electron chi connectivity index (χ3n) is 7.12. The number of hydrogen-bond acceptors (Lipinski definition) is 4. The normalized spacial score (nSPS) is 22.2. The second kappa shape index (κ2) is 7.81. The molecule has 1 amide bonds. The molecule has 0 radical (unpaired) electrons. The molecule has 0 unspecified atom stereocenters. The standard InChI is InChI=1S/C29H23NO3S/c1-16-12-13-19-20(14-16)24-25(21(19)15-17(2)31)28(33)30-22-10-6-7-11-23(22)34-29(30)26(24)27(32)18-8-4-3-5-9-18/h3-14,21,24-25H,15H2,1-2H3/t21-,24+,25-/m1/s1. The van der Waals surface area contributed by atoms with Crippen LogP contribution in [0.25, 0.3) is 0 Å². The van der Waals surface area contributed by atoms with E-state index in [0.29, 0.717) is 16.2 Å². The number of carbonyl (C=O) groups is 3. The maximum absolute atomic E-state index is 14.2. The molecule has 0 saturated carbocycles.